The molecule has 0 radical (unpaired) electrons. The van der Waals surface area contributed by atoms with Crippen LogP contribution in [0.15, 0.2) is 89.4 Å². The van der Waals surface area contributed by atoms with E-state index in [2.05, 4.69) is 15.9 Å². The summed E-state index contributed by atoms with van der Waals surface area (Å²) in [4.78, 5) is 12.1. The lowest BCUT2D eigenvalue weighted by Gasteiger charge is -2.07. The lowest BCUT2D eigenvalue weighted by molar-refractivity contribution is 0.104. The first-order chi connectivity index (χ1) is 12.2. The third-order valence-electron chi connectivity index (χ3n) is 3.66. The van der Waals surface area contributed by atoms with Gasteiger partial charge in [-0.1, -0.05) is 76.6 Å². The molecule has 3 rings (SSSR count). The van der Waals surface area contributed by atoms with Crippen molar-refractivity contribution < 1.29 is 9.53 Å². The van der Waals surface area contributed by atoms with Gasteiger partial charge in [0.15, 0.2) is 5.78 Å². The molecule has 3 aromatic carbocycles. The fourth-order valence-corrected chi connectivity index (χ4v) is 2.59. The van der Waals surface area contributed by atoms with Crippen molar-refractivity contribution in [1.82, 2.24) is 0 Å². The summed E-state index contributed by atoms with van der Waals surface area (Å²) >= 11 is 3.42. The smallest absolute Gasteiger partial charge is 0.185 e. The molecule has 0 spiro atoms. The zero-order valence-electron chi connectivity index (χ0n) is 13.6. The van der Waals surface area contributed by atoms with Crippen LogP contribution in [0.4, 0.5) is 0 Å². The van der Waals surface area contributed by atoms with Crippen LogP contribution in [0.2, 0.25) is 0 Å². The second-order valence-electron chi connectivity index (χ2n) is 5.55. The molecule has 0 aliphatic rings. The second kappa shape index (κ2) is 8.45. The maximum atomic E-state index is 12.1. The lowest BCUT2D eigenvalue weighted by Crippen LogP contribution is -1.95. The molecule has 3 aromatic rings. The Hall–Kier alpha value is -2.65. The molecule has 124 valence electrons. The van der Waals surface area contributed by atoms with Gasteiger partial charge in [0.25, 0.3) is 0 Å². The fourth-order valence-electron chi connectivity index (χ4n) is 2.33. The van der Waals surface area contributed by atoms with Crippen LogP contribution in [-0.4, -0.2) is 5.78 Å². The first-order valence-electron chi connectivity index (χ1n) is 7.95. The summed E-state index contributed by atoms with van der Waals surface area (Å²) in [5.74, 6) is 0.763. The summed E-state index contributed by atoms with van der Waals surface area (Å²) in [5.41, 5.74) is 2.71. The molecule has 0 saturated carbocycles. The average Bonchev–Trinajstić information content (AvgIpc) is 2.67. The van der Waals surface area contributed by atoms with E-state index < -0.39 is 0 Å². The van der Waals surface area contributed by atoms with Gasteiger partial charge in [-0.3, -0.25) is 4.79 Å². The van der Waals surface area contributed by atoms with E-state index in [1.165, 1.54) is 0 Å². The number of carbonyl (C=O) groups is 1. The zero-order chi connectivity index (χ0) is 17.5. The van der Waals surface area contributed by atoms with E-state index in [9.17, 15) is 4.79 Å². The summed E-state index contributed by atoms with van der Waals surface area (Å²) in [6.07, 6.45) is 3.39. The highest BCUT2D eigenvalue weighted by molar-refractivity contribution is 9.10. The van der Waals surface area contributed by atoms with Crippen molar-refractivity contribution in [3.05, 3.63) is 106 Å². The number of hydrogen-bond donors (Lipinski definition) is 0. The van der Waals surface area contributed by atoms with Crippen LogP contribution in [0.25, 0.3) is 6.08 Å². The van der Waals surface area contributed by atoms with Gasteiger partial charge in [0.05, 0.1) is 0 Å². The van der Waals surface area contributed by atoms with Crippen molar-refractivity contribution in [3.8, 4) is 5.75 Å². The molecular weight excluding hydrogens is 376 g/mol. The highest BCUT2D eigenvalue weighted by atomic mass is 79.9. The van der Waals surface area contributed by atoms with E-state index >= 15 is 0 Å². The summed E-state index contributed by atoms with van der Waals surface area (Å²) in [7, 11) is 0. The average molecular weight is 393 g/mol. The number of ketones is 1. The third kappa shape index (κ3) is 5.16. The van der Waals surface area contributed by atoms with Gasteiger partial charge in [0.1, 0.15) is 12.4 Å². The molecule has 0 unspecified atom stereocenters. The van der Waals surface area contributed by atoms with E-state index in [1.807, 2.05) is 84.9 Å². The molecule has 2 nitrogen and oxygen atoms in total. The molecule has 0 saturated heterocycles. The van der Waals surface area contributed by atoms with Gasteiger partial charge in [-0.2, -0.15) is 0 Å². The standard InChI is InChI=1S/C22H17BrO2/c23-20-12-9-18(10-13-20)16-25-21-8-4-5-17(15-21)11-14-22(24)19-6-2-1-3-7-19/h1-15H,16H2/b14-11+. The molecule has 0 aliphatic carbocycles. The zero-order valence-corrected chi connectivity index (χ0v) is 15.1. The number of halogens is 1. The maximum Gasteiger partial charge on any atom is 0.185 e. The van der Waals surface area contributed by atoms with Crippen LogP contribution in [0.1, 0.15) is 21.5 Å². The highest BCUT2D eigenvalue weighted by Crippen LogP contribution is 2.17. The van der Waals surface area contributed by atoms with Crippen molar-refractivity contribution in [2.24, 2.45) is 0 Å². The minimum absolute atomic E-state index is 0.0122. The molecule has 0 fully saturated rings. The van der Waals surface area contributed by atoms with E-state index in [1.54, 1.807) is 6.08 Å². The lowest BCUT2D eigenvalue weighted by atomic mass is 10.1. The largest absolute Gasteiger partial charge is 0.489 e. The van der Waals surface area contributed by atoms with E-state index in [0.717, 1.165) is 21.3 Å². The highest BCUT2D eigenvalue weighted by Gasteiger charge is 2.01. The van der Waals surface area contributed by atoms with Crippen molar-refractivity contribution in [1.29, 1.82) is 0 Å². The van der Waals surface area contributed by atoms with Crippen molar-refractivity contribution >= 4 is 27.8 Å². The van der Waals surface area contributed by atoms with Gasteiger partial charge < -0.3 is 4.74 Å². The molecule has 25 heavy (non-hydrogen) atoms. The van der Waals surface area contributed by atoms with Crippen LogP contribution in [-0.2, 0) is 6.61 Å². The Kier molecular flexibility index (Phi) is 5.81. The fraction of sp³-hybridized carbons (Fsp3) is 0.0455. The first kappa shape index (κ1) is 17.2. The van der Waals surface area contributed by atoms with Crippen molar-refractivity contribution in [3.63, 3.8) is 0 Å². The Bertz CT molecular complexity index is 868. The molecule has 0 aromatic heterocycles. The number of rotatable bonds is 6. The Balaban J connectivity index is 1.64. The summed E-state index contributed by atoms with van der Waals surface area (Å²) in [6, 6.07) is 25.0. The molecule has 0 bridgehead atoms. The predicted molar refractivity (Wildman–Crippen MR) is 105 cm³/mol. The SMILES string of the molecule is O=C(/C=C/c1cccc(OCc2ccc(Br)cc2)c1)c1ccccc1. The number of benzene rings is 3. The van der Waals surface area contributed by atoms with Gasteiger partial charge in [0, 0.05) is 10.0 Å². The molecule has 0 heterocycles. The predicted octanol–water partition coefficient (Wildman–Crippen LogP) is 5.92. The van der Waals surface area contributed by atoms with Gasteiger partial charge >= 0.3 is 0 Å². The number of allylic oxidation sites excluding steroid dienone is 1. The molecule has 0 aliphatic heterocycles. The van der Waals surface area contributed by atoms with Gasteiger partial charge in [-0.15, -0.1) is 0 Å². The Labute approximate surface area is 155 Å². The van der Waals surface area contributed by atoms with Gasteiger partial charge in [0.2, 0.25) is 0 Å². The van der Waals surface area contributed by atoms with E-state index in [0.29, 0.717) is 12.2 Å². The number of carbonyl (C=O) groups excluding carboxylic acids is 1. The summed E-state index contributed by atoms with van der Waals surface area (Å²) in [5, 5.41) is 0. The Morgan fingerprint density at radius 3 is 2.44 bits per heavy atom. The molecular formula is C22H17BrO2. The van der Waals surface area contributed by atoms with Gasteiger partial charge in [-0.05, 0) is 41.5 Å². The van der Waals surface area contributed by atoms with Crippen LogP contribution in [0, 0.1) is 0 Å². The van der Waals surface area contributed by atoms with E-state index in [-0.39, 0.29) is 5.78 Å². The first-order valence-corrected chi connectivity index (χ1v) is 8.75. The molecule has 0 atom stereocenters. The normalized spacial score (nSPS) is 10.8. The Morgan fingerprint density at radius 1 is 0.920 bits per heavy atom. The van der Waals surface area contributed by atoms with Crippen LogP contribution in [0.5, 0.6) is 5.75 Å². The minimum atomic E-state index is -0.0122. The number of hydrogen-bond acceptors (Lipinski definition) is 2. The van der Waals surface area contributed by atoms with E-state index in [4.69, 9.17) is 4.74 Å². The van der Waals surface area contributed by atoms with Crippen LogP contribution < -0.4 is 4.74 Å². The van der Waals surface area contributed by atoms with Crippen LogP contribution in [0.3, 0.4) is 0 Å². The maximum absolute atomic E-state index is 12.1. The van der Waals surface area contributed by atoms with Crippen LogP contribution >= 0.6 is 15.9 Å². The van der Waals surface area contributed by atoms with Crippen molar-refractivity contribution in [2.45, 2.75) is 6.61 Å². The third-order valence-corrected chi connectivity index (χ3v) is 4.19. The number of ether oxygens (including phenoxy) is 1. The molecule has 0 amide bonds. The monoisotopic (exact) mass is 392 g/mol. The topological polar surface area (TPSA) is 26.3 Å². The molecule has 3 heteroatoms. The molecule has 0 N–H and O–H groups in total. The van der Waals surface area contributed by atoms with Gasteiger partial charge in [-0.25, -0.2) is 0 Å². The summed E-state index contributed by atoms with van der Waals surface area (Å²) < 4.78 is 6.88. The van der Waals surface area contributed by atoms with Crippen molar-refractivity contribution in [2.75, 3.05) is 0 Å². The quantitative estimate of drug-likeness (QED) is 0.384. The minimum Gasteiger partial charge on any atom is -0.489 e. The Morgan fingerprint density at radius 2 is 1.68 bits per heavy atom. The summed E-state index contributed by atoms with van der Waals surface area (Å²) in [6.45, 7) is 0.503. The second-order valence-corrected chi connectivity index (χ2v) is 6.47.